The van der Waals surface area contributed by atoms with Crippen molar-refractivity contribution >= 4 is 17.7 Å². The molecule has 0 unspecified atom stereocenters. The average Bonchev–Trinajstić information content (AvgIpc) is 2.49. The predicted octanol–water partition coefficient (Wildman–Crippen LogP) is 6.14. The Morgan fingerprint density at radius 3 is 2.11 bits per heavy atom. The molecule has 0 aliphatic carbocycles. The summed E-state index contributed by atoms with van der Waals surface area (Å²) >= 11 is 0. The summed E-state index contributed by atoms with van der Waals surface area (Å²) in [5.41, 5.74) is 4.55. The molecular weight excluding hydrogens is 228 g/mol. The molecule has 0 saturated carbocycles. The van der Waals surface area contributed by atoms with E-state index in [-0.39, 0.29) is 0 Å². The van der Waals surface area contributed by atoms with Gasteiger partial charge in [-0.15, -0.1) is 0 Å². The number of allylic oxidation sites excluding steroid dienone is 5. The normalized spacial score (nSPS) is 10.6. The fourth-order valence-corrected chi connectivity index (χ4v) is 1.65. The number of benzene rings is 1. The van der Waals surface area contributed by atoms with Crippen molar-refractivity contribution in [2.24, 2.45) is 0 Å². The highest BCUT2D eigenvalue weighted by atomic mass is 14.0. The Balaban J connectivity index is 0.00000154. The lowest BCUT2D eigenvalue weighted by Gasteiger charge is -2.06. The largest absolute Gasteiger partial charge is 0.0991 e. The van der Waals surface area contributed by atoms with Gasteiger partial charge in [0.1, 0.15) is 0 Å². The summed E-state index contributed by atoms with van der Waals surface area (Å²) in [4.78, 5) is 0. The van der Waals surface area contributed by atoms with Crippen LogP contribution >= 0.6 is 0 Å². The molecule has 100 valence electrons. The number of rotatable bonds is 5. The van der Waals surface area contributed by atoms with Crippen molar-refractivity contribution in [1.82, 2.24) is 0 Å². The summed E-state index contributed by atoms with van der Waals surface area (Å²) in [6, 6.07) is 6.27. The van der Waals surface area contributed by atoms with Crippen molar-refractivity contribution in [3.05, 3.63) is 78.9 Å². The van der Waals surface area contributed by atoms with Crippen LogP contribution in [0.15, 0.2) is 62.2 Å². The van der Waals surface area contributed by atoms with Crippen LogP contribution in [0.3, 0.4) is 0 Å². The van der Waals surface area contributed by atoms with Gasteiger partial charge in [0.05, 0.1) is 0 Å². The highest BCUT2D eigenvalue weighted by molar-refractivity contribution is 5.77. The van der Waals surface area contributed by atoms with Gasteiger partial charge in [-0.2, -0.15) is 0 Å². The Morgan fingerprint density at radius 2 is 1.63 bits per heavy atom. The van der Waals surface area contributed by atoms with Gasteiger partial charge in [0.2, 0.25) is 0 Å². The second kappa shape index (κ2) is 9.90. The van der Waals surface area contributed by atoms with E-state index in [0.717, 1.165) is 11.1 Å². The first-order chi connectivity index (χ1) is 9.26. The third kappa shape index (κ3) is 4.97. The van der Waals surface area contributed by atoms with Crippen LogP contribution in [0.1, 0.15) is 37.5 Å². The van der Waals surface area contributed by atoms with E-state index in [9.17, 15) is 0 Å². The lowest BCUT2D eigenvalue weighted by Crippen LogP contribution is -1.86. The van der Waals surface area contributed by atoms with E-state index >= 15 is 0 Å². The molecule has 0 aliphatic rings. The smallest absolute Gasteiger partial charge is 0.0181 e. The van der Waals surface area contributed by atoms with Gasteiger partial charge in [-0.25, -0.2) is 0 Å². The fraction of sp³-hybridized carbons (Fsp3) is 0.158. The first-order valence-corrected chi connectivity index (χ1v) is 6.61. The molecule has 0 saturated heterocycles. The van der Waals surface area contributed by atoms with Gasteiger partial charge in [-0.1, -0.05) is 82.2 Å². The first kappa shape index (κ1) is 16.9. The van der Waals surface area contributed by atoms with Crippen LogP contribution in [0.2, 0.25) is 0 Å². The quantitative estimate of drug-likeness (QED) is 0.552. The standard InChI is InChI=1S/C17H18.C2H6/c1-5-9-10-14(6-2)17-12-11-15(7-3)16(8-4)13-17;1-2/h5-13H,1,3-4H2,2H3;1-2H3/b10-9-,14-6+;. The highest BCUT2D eigenvalue weighted by Crippen LogP contribution is 2.21. The summed E-state index contributed by atoms with van der Waals surface area (Å²) in [6.45, 7) is 17.3. The molecule has 0 radical (unpaired) electrons. The molecule has 0 heterocycles. The van der Waals surface area contributed by atoms with Gasteiger partial charge in [-0.3, -0.25) is 0 Å². The Morgan fingerprint density at radius 1 is 1.00 bits per heavy atom. The van der Waals surface area contributed by atoms with Gasteiger partial charge >= 0.3 is 0 Å². The van der Waals surface area contributed by atoms with Crippen molar-refractivity contribution in [2.75, 3.05) is 0 Å². The molecule has 0 nitrogen and oxygen atoms in total. The molecule has 1 aromatic carbocycles. The van der Waals surface area contributed by atoms with Crippen molar-refractivity contribution in [3.63, 3.8) is 0 Å². The van der Waals surface area contributed by atoms with Crippen LogP contribution in [0, 0.1) is 0 Å². The van der Waals surface area contributed by atoms with E-state index < -0.39 is 0 Å². The predicted molar refractivity (Wildman–Crippen MR) is 91.0 cm³/mol. The summed E-state index contributed by atoms with van der Waals surface area (Å²) in [6.07, 6.45) is 11.5. The molecule has 0 fully saturated rings. The Kier molecular flexibility index (Phi) is 8.82. The van der Waals surface area contributed by atoms with Gasteiger partial charge in [0, 0.05) is 0 Å². The molecule has 0 atom stereocenters. The molecule has 0 spiro atoms. The molecule has 0 aliphatic heterocycles. The third-order valence-corrected chi connectivity index (χ3v) is 2.58. The van der Waals surface area contributed by atoms with Gasteiger partial charge < -0.3 is 0 Å². The first-order valence-electron chi connectivity index (χ1n) is 6.61. The topological polar surface area (TPSA) is 0 Å². The van der Waals surface area contributed by atoms with E-state index in [1.54, 1.807) is 6.08 Å². The Hall–Kier alpha value is -2.08. The molecule has 0 amide bonds. The maximum absolute atomic E-state index is 3.83. The number of hydrogen-bond donors (Lipinski definition) is 0. The van der Waals surface area contributed by atoms with Gasteiger partial charge in [0.15, 0.2) is 0 Å². The van der Waals surface area contributed by atoms with Gasteiger partial charge in [-0.05, 0) is 35.3 Å². The van der Waals surface area contributed by atoms with E-state index in [2.05, 4.69) is 44.0 Å². The molecule has 0 bridgehead atoms. The van der Waals surface area contributed by atoms with Crippen molar-refractivity contribution < 1.29 is 0 Å². The van der Waals surface area contributed by atoms with Crippen LogP contribution in [0.25, 0.3) is 17.7 Å². The number of hydrogen-bond acceptors (Lipinski definition) is 0. The maximum Gasteiger partial charge on any atom is -0.0181 e. The minimum absolute atomic E-state index is 1.10. The van der Waals surface area contributed by atoms with Gasteiger partial charge in [0.25, 0.3) is 0 Å². The zero-order valence-electron chi connectivity index (χ0n) is 12.3. The van der Waals surface area contributed by atoms with Crippen molar-refractivity contribution in [1.29, 1.82) is 0 Å². The van der Waals surface area contributed by atoms with E-state index in [0.29, 0.717) is 0 Å². The SMILES string of the molecule is C=C/C=C\C(=C/C)c1ccc(C=C)c(C=C)c1.CC. The van der Waals surface area contributed by atoms with Crippen LogP contribution in [-0.4, -0.2) is 0 Å². The second-order valence-electron chi connectivity index (χ2n) is 3.59. The van der Waals surface area contributed by atoms with Crippen LogP contribution in [0.5, 0.6) is 0 Å². The van der Waals surface area contributed by atoms with E-state index in [1.165, 1.54) is 11.1 Å². The zero-order valence-corrected chi connectivity index (χ0v) is 12.3. The monoisotopic (exact) mass is 252 g/mol. The molecule has 1 rings (SSSR count). The molecule has 19 heavy (non-hydrogen) atoms. The summed E-state index contributed by atoms with van der Waals surface area (Å²) in [7, 11) is 0. The van der Waals surface area contributed by atoms with Crippen LogP contribution in [-0.2, 0) is 0 Å². The fourth-order valence-electron chi connectivity index (χ4n) is 1.65. The molecular formula is C19H24. The minimum atomic E-state index is 1.10. The molecule has 0 N–H and O–H groups in total. The molecule has 1 aromatic rings. The molecule has 0 aromatic heterocycles. The Bertz CT molecular complexity index is 485. The highest BCUT2D eigenvalue weighted by Gasteiger charge is 2.00. The summed E-state index contributed by atoms with van der Waals surface area (Å²) in [5, 5.41) is 0. The lowest BCUT2D eigenvalue weighted by atomic mass is 9.98. The summed E-state index contributed by atoms with van der Waals surface area (Å²) in [5.74, 6) is 0. The van der Waals surface area contributed by atoms with Crippen LogP contribution in [0.4, 0.5) is 0 Å². The zero-order chi connectivity index (χ0) is 14.7. The second-order valence-corrected chi connectivity index (χ2v) is 3.59. The van der Waals surface area contributed by atoms with Crippen molar-refractivity contribution in [3.8, 4) is 0 Å². The van der Waals surface area contributed by atoms with E-state index in [1.807, 2.05) is 45.1 Å². The Labute approximate surface area is 118 Å². The minimum Gasteiger partial charge on any atom is -0.0991 e. The van der Waals surface area contributed by atoms with E-state index in [4.69, 9.17) is 0 Å². The summed E-state index contributed by atoms with van der Waals surface area (Å²) < 4.78 is 0. The average molecular weight is 252 g/mol. The third-order valence-electron chi connectivity index (χ3n) is 2.58. The maximum atomic E-state index is 3.83. The van der Waals surface area contributed by atoms with Crippen LogP contribution < -0.4 is 0 Å². The van der Waals surface area contributed by atoms with Crippen molar-refractivity contribution in [2.45, 2.75) is 20.8 Å². The molecule has 0 heteroatoms. The lowest BCUT2D eigenvalue weighted by molar-refractivity contribution is 1.50.